The molecule has 0 saturated heterocycles. The van der Waals surface area contributed by atoms with Crippen molar-refractivity contribution < 1.29 is 0 Å². The summed E-state index contributed by atoms with van der Waals surface area (Å²) >= 11 is 5.91. The summed E-state index contributed by atoms with van der Waals surface area (Å²) in [6.45, 7) is 0. The van der Waals surface area contributed by atoms with Gasteiger partial charge in [-0.3, -0.25) is 4.98 Å². The van der Waals surface area contributed by atoms with Gasteiger partial charge in [-0.2, -0.15) is 0 Å². The lowest BCUT2D eigenvalue weighted by Crippen LogP contribution is -2.33. The monoisotopic (exact) mass is 235 g/mol. The van der Waals surface area contributed by atoms with Crippen LogP contribution in [0.25, 0.3) is 11.0 Å². The average molecular weight is 236 g/mol. The molecule has 3 N–H and O–H groups in total. The van der Waals surface area contributed by atoms with Crippen molar-refractivity contribution in [3.63, 3.8) is 0 Å². The van der Waals surface area contributed by atoms with Crippen LogP contribution in [0, 0.1) is 0 Å². The minimum absolute atomic E-state index is 0.187. The molecular formula is C12H14ClN3. The predicted octanol–water partition coefficient (Wildman–Crippen LogP) is 2.94. The van der Waals surface area contributed by atoms with Gasteiger partial charge >= 0.3 is 0 Å². The van der Waals surface area contributed by atoms with E-state index in [1.807, 2.05) is 6.07 Å². The van der Waals surface area contributed by atoms with Crippen molar-refractivity contribution in [1.29, 1.82) is 0 Å². The summed E-state index contributed by atoms with van der Waals surface area (Å²) in [5.74, 6) is 0. The molecule has 0 aromatic carbocycles. The van der Waals surface area contributed by atoms with Crippen molar-refractivity contribution in [3.8, 4) is 0 Å². The van der Waals surface area contributed by atoms with E-state index in [4.69, 9.17) is 17.3 Å². The van der Waals surface area contributed by atoms with E-state index in [-0.39, 0.29) is 5.54 Å². The fourth-order valence-corrected chi connectivity index (χ4v) is 2.68. The van der Waals surface area contributed by atoms with Gasteiger partial charge in [0.25, 0.3) is 0 Å². The number of nitrogens with one attached hydrogen (secondary N) is 1. The molecule has 1 saturated carbocycles. The number of nitrogens with two attached hydrogens (primary N) is 1. The number of H-pyrrole nitrogens is 1. The molecule has 0 radical (unpaired) electrons. The molecule has 2 aromatic rings. The zero-order valence-electron chi connectivity index (χ0n) is 8.96. The highest BCUT2D eigenvalue weighted by Crippen LogP contribution is 2.36. The Morgan fingerprint density at radius 3 is 2.81 bits per heavy atom. The first-order valence-corrected chi connectivity index (χ1v) is 5.99. The van der Waals surface area contributed by atoms with Crippen LogP contribution in [0.15, 0.2) is 18.3 Å². The van der Waals surface area contributed by atoms with Crippen LogP contribution in [-0.2, 0) is 5.54 Å². The van der Waals surface area contributed by atoms with E-state index in [0.717, 1.165) is 29.6 Å². The largest absolute Gasteiger partial charge is 0.355 e. The van der Waals surface area contributed by atoms with Gasteiger partial charge in [0, 0.05) is 11.9 Å². The number of hydrogen-bond acceptors (Lipinski definition) is 2. The first-order chi connectivity index (χ1) is 7.67. The molecule has 1 aliphatic carbocycles. The lowest BCUT2D eigenvalue weighted by Gasteiger charge is -2.21. The third-order valence-electron chi connectivity index (χ3n) is 3.47. The van der Waals surface area contributed by atoms with E-state index in [0.29, 0.717) is 5.02 Å². The third-order valence-corrected chi connectivity index (χ3v) is 3.67. The first-order valence-electron chi connectivity index (χ1n) is 5.61. The number of aromatic amines is 1. The average Bonchev–Trinajstić information content (AvgIpc) is 2.84. The van der Waals surface area contributed by atoms with E-state index in [9.17, 15) is 0 Å². The Kier molecular flexibility index (Phi) is 2.19. The fraction of sp³-hybridized carbons (Fsp3) is 0.417. The van der Waals surface area contributed by atoms with Crippen molar-refractivity contribution in [2.75, 3.05) is 0 Å². The van der Waals surface area contributed by atoms with Gasteiger partial charge in [0.05, 0.1) is 21.6 Å². The summed E-state index contributed by atoms with van der Waals surface area (Å²) in [6, 6.07) is 3.95. The van der Waals surface area contributed by atoms with Gasteiger partial charge in [0.1, 0.15) is 0 Å². The zero-order chi connectivity index (χ0) is 11.2. The number of fused-ring (bicyclic) bond motifs is 1. The topological polar surface area (TPSA) is 54.7 Å². The minimum atomic E-state index is -0.187. The normalized spacial score (nSPS) is 19.4. The number of hydrogen-bond donors (Lipinski definition) is 2. The van der Waals surface area contributed by atoms with Crippen molar-refractivity contribution in [2.45, 2.75) is 31.2 Å². The molecule has 1 fully saturated rings. The molecule has 0 aliphatic heterocycles. The SMILES string of the molecule is NC1(c2cc3ncc(Cl)cc3[nH]2)CCCC1. The van der Waals surface area contributed by atoms with E-state index < -0.39 is 0 Å². The molecule has 2 aromatic heterocycles. The van der Waals surface area contributed by atoms with Crippen LogP contribution in [-0.4, -0.2) is 9.97 Å². The van der Waals surface area contributed by atoms with Crippen LogP contribution >= 0.6 is 11.6 Å². The Morgan fingerprint density at radius 2 is 2.06 bits per heavy atom. The van der Waals surface area contributed by atoms with Crippen LogP contribution in [0.1, 0.15) is 31.4 Å². The molecule has 4 heteroatoms. The maximum absolute atomic E-state index is 6.39. The van der Waals surface area contributed by atoms with Gasteiger partial charge in [-0.25, -0.2) is 0 Å². The van der Waals surface area contributed by atoms with Gasteiger partial charge < -0.3 is 10.7 Å². The van der Waals surface area contributed by atoms with Crippen molar-refractivity contribution in [1.82, 2.24) is 9.97 Å². The van der Waals surface area contributed by atoms with Crippen LogP contribution < -0.4 is 5.73 Å². The number of rotatable bonds is 1. The molecule has 2 heterocycles. The van der Waals surface area contributed by atoms with Gasteiger partial charge in [0.15, 0.2) is 0 Å². The second-order valence-electron chi connectivity index (χ2n) is 4.63. The lowest BCUT2D eigenvalue weighted by atomic mass is 9.95. The standard InChI is InChI=1S/C12H14ClN3/c13-8-5-10-9(15-7-8)6-11(16-10)12(14)3-1-2-4-12/h5-7,16H,1-4,14H2. The summed E-state index contributed by atoms with van der Waals surface area (Å²) in [7, 11) is 0. The van der Waals surface area contributed by atoms with Crippen molar-refractivity contribution >= 4 is 22.6 Å². The molecule has 1 aliphatic rings. The first kappa shape index (κ1) is 10.1. The fourth-order valence-electron chi connectivity index (χ4n) is 2.53. The molecule has 0 spiro atoms. The third kappa shape index (κ3) is 1.51. The second-order valence-corrected chi connectivity index (χ2v) is 5.07. The predicted molar refractivity (Wildman–Crippen MR) is 65.4 cm³/mol. The molecule has 84 valence electrons. The highest BCUT2D eigenvalue weighted by atomic mass is 35.5. The van der Waals surface area contributed by atoms with Crippen molar-refractivity contribution in [2.24, 2.45) is 5.73 Å². The molecule has 3 rings (SSSR count). The maximum atomic E-state index is 6.39. The zero-order valence-corrected chi connectivity index (χ0v) is 9.72. The molecular weight excluding hydrogens is 222 g/mol. The molecule has 0 unspecified atom stereocenters. The van der Waals surface area contributed by atoms with E-state index in [1.54, 1.807) is 6.20 Å². The smallest absolute Gasteiger partial charge is 0.0883 e. The highest BCUT2D eigenvalue weighted by molar-refractivity contribution is 6.31. The summed E-state index contributed by atoms with van der Waals surface area (Å²) in [6.07, 6.45) is 6.18. The molecule has 3 nitrogen and oxygen atoms in total. The van der Waals surface area contributed by atoms with E-state index in [1.165, 1.54) is 12.8 Å². The van der Waals surface area contributed by atoms with E-state index >= 15 is 0 Å². The Morgan fingerprint density at radius 1 is 1.31 bits per heavy atom. The number of halogens is 1. The Balaban J connectivity index is 2.11. The Labute approximate surface area is 99.0 Å². The molecule has 0 atom stereocenters. The van der Waals surface area contributed by atoms with Gasteiger partial charge in [-0.15, -0.1) is 0 Å². The molecule has 0 amide bonds. The summed E-state index contributed by atoms with van der Waals surface area (Å²) in [5, 5.41) is 0.651. The van der Waals surface area contributed by atoms with E-state index in [2.05, 4.69) is 16.0 Å². The molecule has 0 bridgehead atoms. The summed E-state index contributed by atoms with van der Waals surface area (Å²) in [5.41, 5.74) is 9.21. The number of aromatic nitrogens is 2. The second kappa shape index (κ2) is 3.47. The minimum Gasteiger partial charge on any atom is -0.355 e. The van der Waals surface area contributed by atoms with Gasteiger partial charge in [0.2, 0.25) is 0 Å². The quantitative estimate of drug-likeness (QED) is 0.799. The van der Waals surface area contributed by atoms with Crippen LogP contribution in [0.2, 0.25) is 5.02 Å². The highest BCUT2D eigenvalue weighted by Gasteiger charge is 2.32. The van der Waals surface area contributed by atoms with Crippen LogP contribution in [0.3, 0.4) is 0 Å². The van der Waals surface area contributed by atoms with Crippen molar-refractivity contribution in [3.05, 3.63) is 29.0 Å². The maximum Gasteiger partial charge on any atom is 0.0883 e. The van der Waals surface area contributed by atoms with Crippen LogP contribution in [0.5, 0.6) is 0 Å². The summed E-state index contributed by atoms with van der Waals surface area (Å²) in [4.78, 5) is 7.63. The Hall–Kier alpha value is -1.06. The lowest BCUT2D eigenvalue weighted by molar-refractivity contribution is 0.450. The number of nitrogens with zero attached hydrogens (tertiary/aromatic N) is 1. The number of pyridine rings is 1. The molecule has 16 heavy (non-hydrogen) atoms. The summed E-state index contributed by atoms with van der Waals surface area (Å²) < 4.78 is 0. The van der Waals surface area contributed by atoms with Crippen LogP contribution in [0.4, 0.5) is 0 Å². The Bertz CT molecular complexity index is 526. The van der Waals surface area contributed by atoms with Gasteiger partial charge in [-0.1, -0.05) is 24.4 Å². The van der Waals surface area contributed by atoms with Gasteiger partial charge in [-0.05, 0) is 25.0 Å².